The maximum Gasteiger partial charge on any atom is 0.257 e. The molecule has 1 aromatic heterocycles. The lowest BCUT2D eigenvalue weighted by Crippen LogP contribution is -2.34. The van der Waals surface area contributed by atoms with E-state index in [2.05, 4.69) is 15.6 Å². The first-order valence-electron chi connectivity index (χ1n) is 10.7. The molecule has 0 saturated heterocycles. The molecule has 0 bridgehead atoms. The van der Waals surface area contributed by atoms with Crippen LogP contribution < -0.4 is 10.6 Å². The number of rotatable bonds is 3. The average molecular weight is 486 g/mol. The van der Waals surface area contributed by atoms with Crippen molar-refractivity contribution in [3.05, 3.63) is 94.5 Å². The van der Waals surface area contributed by atoms with E-state index in [0.29, 0.717) is 27.7 Å². The molecule has 0 spiro atoms. The quantitative estimate of drug-likeness (QED) is 0.268. The van der Waals surface area contributed by atoms with Crippen LogP contribution in [-0.4, -0.2) is 16.0 Å². The second-order valence-corrected chi connectivity index (χ2v) is 8.93. The van der Waals surface area contributed by atoms with Crippen LogP contribution in [0.3, 0.4) is 0 Å². The monoisotopic (exact) mass is 485 g/mol. The van der Waals surface area contributed by atoms with Crippen LogP contribution >= 0.6 is 23.8 Å². The number of hydrogen-bond donors (Lipinski definition) is 2. The predicted octanol–water partition coefficient (Wildman–Crippen LogP) is 7.05. The van der Waals surface area contributed by atoms with E-state index in [-0.39, 0.29) is 11.0 Å². The third-order valence-corrected chi connectivity index (χ3v) is 6.05. The zero-order valence-electron chi connectivity index (χ0n) is 18.5. The Morgan fingerprint density at radius 3 is 2.59 bits per heavy atom. The molecule has 0 aliphatic carbocycles. The average Bonchev–Trinajstić information content (AvgIpc) is 3.24. The fraction of sp³-hybridized carbons (Fsp3) is 0.0741. The zero-order chi connectivity index (χ0) is 23.8. The van der Waals surface area contributed by atoms with Gasteiger partial charge in [-0.1, -0.05) is 48.0 Å². The van der Waals surface area contributed by atoms with Crippen LogP contribution in [0.25, 0.3) is 33.3 Å². The highest BCUT2D eigenvalue weighted by atomic mass is 35.5. The summed E-state index contributed by atoms with van der Waals surface area (Å²) in [6, 6.07) is 22.7. The first-order valence-corrected chi connectivity index (χ1v) is 11.4. The normalized spacial score (nSPS) is 11.0. The number of halogens is 1. The van der Waals surface area contributed by atoms with Gasteiger partial charge in [0.1, 0.15) is 5.52 Å². The number of fused-ring (bicyclic) bond motifs is 2. The van der Waals surface area contributed by atoms with Crippen molar-refractivity contribution in [1.29, 1.82) is 0 Å². The molecule has 5 rings (SSSR count). The molecule has 0 aliphatic heterocycles. The van der Waals surface area contributed by atoms with Crippen LogP contribution in [0.15, 0.2) is 77.2 Å². The summed E-state index contributed by atoms with van der Waals surface area (Å²) in [6.45, 7) is 4.01. The van der Waals surface area contributed by atoms with Crippen LogP contribution in [0.1, 0.15) is 21.5 Å². The molecule has 7 heteroatoms. The number of oxazole rings is 1. The second-order valence-electron chi connectivity index (χ2n) is 8.11. The molecule has 0 atom stereocenters. The Morgan fingerprint density at radius 2 is 1.76 bits per heavy atom. The van der Waals surface area contributed by atoms with Gasteiger partial charge in [0, 0.05) is 11.3 Å². The van der Waals surface area contributed by atoms with E-state index in [1.165, 1.54) is 0 Å². The van der Waals surface area contributed by atoms with Crippen molar-refractivity contribution in [2.45, 2.75) is 13.8 Å². The standard InChI is InChI=1S/C27H20ClN3O2S/c1-15-11-16(2)24-23(12-15)30-26(33-24)21-14-20(9-10-22(21)28)29-27(34)31-25(32)19-8-7-17-5-3-4-6-18(17)13-19/h3-14H,1-2H3,(H2,29,31,32,34). The summed E-state index contributed by atoms with van der Waals surface area (Å²) in [5, 5.41) is 8.50. The first-order chi connectivity index (χ1) is 16.4. The minimum absolute atomic E-state index is 0.176. The van der Waals surface area contributed by atoms with Crippen molar-refractivity contribution in [2.24, 2.45) is 0 Å². The molecule has 5 aromatic rings. The van der Waals surface area contributed by atoms with Crippen LogP contribution in [0.2, 0.25) is 5.02 Å². The predicted molar refractivity (Wildman–Crippen MR) is 142 cm³/mol. The van der Waals surface area contributed by atoms with Gasteiger partial charge in [0.2, 0.25) is 5.89 Å². The highest BCUT2D eigenvalue weighted by Gasteiger charge is 2.15. The van der Waals surface area contributed by atoms with Crippen LogP contribution in [-0.2, 0) is 0 Å². The molecule has 168 valence electrons. The van der Waals surface area contributed by atoms with Crippen LogP contribution in [0, 0.1) is 13.8 Å². The molecular formula is C27H20ClN3O2S. The SMILES string of the molecule is Cc1cc(C)c2oc(-c3cc(NC(=S)NC(=O)c4ccc5ccccc5c4)ccc3Cl)nc2c1. The topological polar surface area (TPSA) is 67.2 Å². The minimum Gasteiger partial charge on any atom is -0.436 e. The van der Waals surface area contributed by atoms with Crippen molar-refractivity contribution in [2.75, 3.05) is 5.32 Å². The third-order valence-electron chi connectivity index (χ3n) is 5.51. The summed E-state index contributed by atoms with van der Waals surface area (Å²) in [4.78, 5) is 17.3. The van der Waals surface area contributed by atoms with Gasteiger partial charge in [-0.3, -0.25) is 10.1 Å². The zero-order valence-corrected chi connectivity index (χ0v) is 20.1. The Bertz CT molecular complexity index is 1590. The fourth-order valence-electron chi connectivity index (χ4n) is 3.93. The fourth-order valence-corrected chi connectivity index (χ4v) is 4.34. The van der Waals surface area contributed by atoms with Gasteiger partial charge in [0.25, 0.3) is 5.91 Å². The number of carbonyl (C=O) groups is 1. The third kappa shape index (κ3) is 4.38. The van der Waals surface area contributed by atoms with E-state index < -0.39 is 0 Å². The van der Waals surface area contributed by atoms with E-state index in [4.69, 9.17) is 28.2 Å². The molecule has 5 nitrogen and oxygen atoms in total. The summed E-state index contributed by atoms with van der Waals surface area (Å²) in [6.07, 6.45) is 0. The van der Waals surface area contributed by atoms with Crippen LogP contribution in [0.5, 0.6) is 0 Å². The number of thiocarbonyl (C=S) groups is 1. The molecule has 0 unspecified atom stereocenters. The van der Waals surface area contributed by atoms with Crippen molar-refractivity contribution in [1.82, 2.24) is 10.3 Å². The minimum atomic E-state index is -0.290. The number of hydrogen-bond acceptors (Lipinski definition) is 4. The Morgan fingerprint density at radius 1 is 0.971 bits per heavy atom. The van der Waals surface area contributed by atoms with Gasteiger partial charge in [0.05, 0.1) is 10.6 Å². The molecular weight excluding hydrogens is 466 g/mol. The summed E-state index contributed by atoms with van der Waals surface area (Å²) in [7, 11) is 0. The summed E-state index contributed by atoms with van der Waals surface area (Å²) in [5.41, 5.74) is 5.43. The van der Waals surface area contributed by atoms with Crippen molar-refractivity contribution >= 4 is 62.4 Å². The number of aromatic nitrogens is 1. The lowest BCUT2D eigenvalue weighted by Gasteiger charge is -2.11. The summed E-state index contributed by atoms with van der Waals surface area (Å²) >= 11 is 11.8. The van der Waals surface area contributed by atoms with Gasteiger partial charge >= 0.3 is 0 Å². The number of nitrogens with zero attached hydrogens (tertiary/aromatic N) is 1. The van der Waals surface area contributed by atoms with Gasteiger partial charge in [-0.2, -0.15) is 0 Å². The second kappa shape index (κ2) is 8.89. The number of carbonyl (C=O) groups excluding carboxylic acids is 1. The molecule has 1 amide bonds. The number of anilines is 1. The van der Waals surface area contributed by atoms with Crippen molar-refractivity contribution in [3.8, 4) is 11.5 Å². The lowest BCUT2D eigenvalue weighted by molar-refractivity contribution is 0.0978. The van der Waals surface area contributed by atoms with E-state index in [0.717, 1.165) is 33.0 Å². The molecule has 1 heterocycles. The van der Waals surface area contributed by atoms with Crippen LogP contribution in [0.4, 0.5) is 5.69 Å². The first kappa shape index (κ1) is 22.1. The van der Waals surface area contributed by atoms with E-state index >= 15 is 0 Å². The number of nitrogens with one attached hydrogen (secondary N) is 2. The molecule has 0 radical (unpaired) electrons. The highest BCUT2D eigenvalue weighted by Crippen LogP contribution is 2.33. The Hall–Kier alpha value is -3.74. The highest BCUT2D eigenvalue weighted by molar-refractivity contribution is 7.80. The lowest BCUT2D eigenvalue weighted by atomic mass is 10.1. The number of benzene rings is 4. The van der Waals surface area contributed by atoms with Crippen molar-refractivity contribution in [3.63, 3.8) is 0 Å². The van der Waals surface area contributed by atoms with E-state index in [1.54, 1.807) is 24.3 Å². The molecule has 4 aromatic carbocycles. The Kier molecular flexibility index (Phi) is 5.77. The van der Waals surface area contributed by atoms with Gasteiger partial charge in [-0.15, -0.1) is 0 Å². The van der Waals surface area contributed by atoms with Gasteiger partial charge < -0.3 is 9.73 Å². The largest absolute Gasteiger partial charge is 0.436 e. The van der Waals surface area contributed by atoms with Crippen molar-refractivity contribution < 1.29 is 9.21 Å². The van der Waals surface area contributed by atoms with Gasteiger partial charge in [-0.05, 0) is 84.4 Å². The molecule has 2 N–H and O–H groups in total. The molecule has 0 aliphatic rings. The smallest absolute Gasteiger partial charge is 0.257 e. The molecule has 0 fully saturated rings. The number of aryl methyl sites for hydroxylation is 2. The maximum atomic E-state index is 12.7. The number of amides is 1. The molecule has 34 heavy (non-hydrogen) atoms. The summed E-state index contributed by atoms with van der Waals surface area (Å²) < 4.78 is 6.01. The Balaban J connectivity index is 1.35. The van der Waals surface area contributed by atoms with Gasteiger partial charge in [0.15, 0.2) is 10.7 Å². The maximum absolute atomic E-state index is 12.7. The summed E-state index contributed by atoms with van der Waals surface area (Å²) in [5.74, 6) is 0.130. The van der Waals surface area contributed by atoms with E-state index in [1.807, 2.05) is 62.4 Å². The van der Waals surface area contributed by atoms with Gasteiger partial charge in [-0.25, -0.2) is 4.98 Å². The molecule has 0 saturated carbocycles. The Labute approximate surface area is 206 Å². The van der Waals surface area contributed by atoms with E-state index in [9.17, 15) is 4.79 Å².